The van der Waals surface area contributed by atoms with Crippen molar-refractivity contribution in [3.05, 3.63) is 35.4 Å². The van der Waals surface area contributed by atoms with E-state index in [1.165, 1.54) is 24.0 Å². The summed E-state index contributed by atoms with van der Waals surface area (Å²) < 4.78 is 5.61. The van der Waals surface area contributed by atoms with Gasteiger partial charge in [0, 0.05) is 12.6 Å². The van der Waals surface area contributed by atoms with Gasteiger partial charge in [-0.1, -0.05) is 29.8 Å². The van der Waals surface area contributed by atoms with Crippen molar-refractivity contribution < 1.29 is 4.74 Å². The van der Waals surface area contributed by atoms with E-state index in [9.17, 15) is 0 Å². The Morgan fingerprint density at radius 2 is 2.38 bits per heavy atom. The molecule has 1 fully saturated rings. The summed E-state index contributed by atoms with van der Waals surface area (Å²) in [5.74, 6) is 0. The minimum absolute atomic E-state index is 0.157. The predicted octanol–water partition coefficient (Wildman–Crippen LogP) is 2.95. The molecule has 1 heterocycles. The van der Waals surface area contributed by atoms with E-state index in [0.29, 0.717) is 6.10 Å². The first-order valence-corrected chi connectivity index (χ1v) is 6.19. The lowest BCUT2D eigenvalue weighted by Gasteiger charge is -2.15. The Morgan fingerprint density at radius 1 is 1.50 bits per heavy atom. The molecule has 16 heavy (non-hydrogen) atoms. The van der Waals surface area contributed by atoms with E-state index in [0.717, 1.165) is 19.4 Å². The molecule has 0 aromatic heterocycles. The summed E-state index contributed by atoms with van der Waals surface area (Å²) in [6.45, 7) is 3.04. The minimum Gasteiger partial charge on any atom is -0.378 e. The standard InChI is InChI=1S/C14H21NO/c1-11-4-2-5-12(10-11)14(15)8-7-13-6-3-9-16-13/h2,4-5,10,13-14H,3,6-9,15H2,1H3. The van der Waals surface area contributed by atoms with Gasteiger partial charge in [0.25, 0.3) is 0 Å². The highest BCUT2D eigenvalue weighted by atomic mass is 16.5. The van der Waals surface area contributed by atoms with Crippen molar-refractivity contribution in [2.45, 2.75) is 44.8 Å². The van der Waals surface area contributed by atoms with Gasteiger partial charge < -0.3 is 10.5 Å². The van der Waals surface area contributed by atoms with Crippen molar-refractivity contribution in [3.8, 4) is 0 Å². The number of ether oxygens (including phenoxy) is 1. The highest BCUT2D eigenvalue weighted by Gasteiger charge is 2.16. The van der Waals surface area contributed by atoms with Crippen LogP contribution in [-0.4, -0.2) is 12.7 Å². The van der Waals surface area contributed by atoms with Crippen LogP contribution in [0.2, 0.25) is 0 Å². The molecular formula is C14H21NO. The van der Waals surface area contributed by atoms with Crippen LogP contribution in [0.1, 0.15) is 42.9 Å². The molecule has 1 aromatic rings. The smallest absolute Gasteiger partial charge is 0.0576 e. The second kappa shape index (κ2) is 5.46. The Kier molecular flexibility index (Phi) is 3.97. The van der Waals surface area contributed by atoms with Crippen molar-refractivity contribution in [3.63, 3.8) is 0 Å². The Hall–Kier alpha value is -0.860. The fraction of sp³-hybridized carbons (Fsp3) is 0.571. The Labute approximate surface area is 97.8 Å². The quantitative estimate of drug-likeness (QED) is 0.845. The summed E-state index contributed by atoms with van der Waals surface area (Å²) in [5.41, 5.74) is 8.72. The van der Waals surface area contributed by atoms with Crippen LogP contribution < -0.4 is 5.73 Å². The van der Waals surface area contributed by atoms with Crippen molar-refractivity contribution in [1.82, 2.24) is 0 Å². The molecule has 2 unspecified atom stereocenters. The lowest BCUT2D eigenvalue weighted by Crippen LogP contribution is -2.14. The van der Waals surface area contributed by atoms with Crippen molar-refractivity contribution in [2.75, 3.05) is 6.61 Å². The predicted molar refractivity (Wildman–Crippen MR) is 66.3 cm³/mol. The third kappa shape index (κ3) is 3.06. The first-order chi connectivity index (χ1) is 7.75. The zero-order chi connectivity index (χ0) is 11.4. The van der Waals surface area contributed by atoms with Gasteiger partial charge >= 0.3 is 0 Å². The van der Waals surface area contributed by atoms with E-state index in [1.54, 1.807) is 0 Å². The fourth-order valence-electron chi connectivity index (χ4n) is 2.30. The molecule has 2 rings (SSSR count). The second-order valence-electron chi connectivity index (χ2n) is 4.73. The van der Waals surface area contributed by atoms with Crippen molar-refractivity contribution in [2.24, 2.45) is 5.73 Å². The number of rotatable bonds is 4. The maximum absolute atomic E-state index is 6.19. The lowest BCUT2D eigenvalue weighted by atomic mass is 9.99. The maximum atomic E-state index is 6.19. The SMILES string of the molecule is Cc1cccc(C(N)CCC2CCCO2)c1. The minimum atomic E-state index is 0.157. The fourth-order valence-corrected chi connectivity index (χ4v) is 2.30. The summed E-state index contributed by atoms with van der Waals surface area (Å²) >= 11 is 0. The molecule has 0 spiro atoms. The van der Waals surface area contributed by atoms with E-state index >= 15 is 0 Å². The molecule has 1 aromatic carbocycles. The Bertz CT molecular complexity index is 331. The first-order valence-electron chi connectivity index (χ1n) is 6.19. The summed E-state index contributed by atoms with van der Waals surface area (Å²) in [5, 5.41) is 0. The summed E-state index contributed by atoms with van der Waals surface area (Å²) in [4.78, 5) is 0. The van der Waals surface area contributed by atoms with Gasteiger partial charge in [-0.15, -0.1) is 0 Å². The summed E-state index contributed by atoms with van der Waals surface area (Å²) in [6, 6.07) is 8.64. The van der Waals surface area contributed by atoms with Crippen LogP contribution in [-0.2, 0) is 4.74 Å². The second-order valence-corrected chi connectivity index (χ2v) is 4.73. The van der Waals surface area contributed by atoms with Gasteiger partial charge in [-0.25, -0.2) is 0 Å². The lowest BCUT2D eigenvalue weighted by molar-refractivity contribution is 0.101. The third-order valence-electron chi connectivity index (χ3n) is 3.29. The van der Waals surface area contributed by atoms with E-state index in [-0.39, 0.29) is 6.04 Å². The number of hydrogen-bond acceptors (Lipinski definition) is 2. The molecular weight excluding hydrogens is 198 g/mol. The van der Waals surface area contributed by atoms with Crippen LogP contribution >= 0.6 is 0 Å². The van der Waals surface area contributed by atoms with E-state index in [2.05, 4.69) is 31.2 Å². The third-order valence-corrected chi connectivity index (χ3v) is 3.29. The van der Waals surface area contributed by atoms with Gasteiger partial charge in [0.15, 0.2) is 0 Å². The number of aryl methyl sites for hydroxylation is 1. The van der Waals surface area contributed by atoms with Gasteiger partial charge in [-0.05, 0) is 38.2 Å². The highest BCUT2D eigenvalue weighted by molar-refractivity contribution is 5.24. The molecule has 0 amide bonds. The Balaban J connectivity index is 1.85. The molecule has 2 N–H and O–H groups in total. The van der Waals surface area contributed by atoms with Crippen molar-refractivity contribution in [1.29, 1.82) is 0 Å². The maximum Gasteiger partial charge on any atom is 0.0576 e. The molecule has 2 heteroatoms. The molecule has 1 aliphatic rings. The van der Waals surface area contributed by atoms with Crippen LogP contribution in [0.3, 0.4) is 0 Å². The summed E-state index contributed by atoms with van der Waals surface area (Å²) in [7, 11) is 0. The molecule has 0 saturated carbocycles. The molecule has 0 aliphatic carbocycles. The van der Waals surface area contributed by atoms with Gasteiger partial charge in [-0.3, -0.25) is 0 Å². The van der Waals surface area contributed by atoms with Gasteiger partial charge in [0.1, 0.15) is 0 Å². The zero-order valence-electron chi connectivity index (χ0n) is 9.99. The average molecular weight is 219 g/mol. The van der Waals surface area contributed by atoms with Gasteiger partial charge in [0.05, 0.1) is 6.10 Å². The largest absolute Gasteiger partial charge is 0.378 e. The monoisotopic (exact) mass is 219 g/mol. The molecule has 0 radical (unpaired) electrons. The number of benzene rings is 1. The highest BCUT2D eigenvalue weighted by Crippen LogP contribution is 2.22. The topological polar surface area (TPSA) is 35.2 Å². The number of hydrogen-bond donors (Lipinski definition) is 1. The summed E-state index contributed by atoms with van der Waals surface area (Å²) in [6.07, 6.45) is 4.99. The normalized spacial score (nSPS) is 22.2. The zero-order valence-corrected chi connectivity index (χ0v) is 9.99. The van der Waals surface area contributed by atoms with Crippen LogP contribution in [0.5, 0.6) is 0 Å². The molecule has 88 valence electrons. The molecule has 1 aliphatic heterocycles. The Morgan fingerprint density at radius 3 is 3.06 bits per heavy atom. The van der Waals surface area contributed by atoms with Crippen LogP contribution in [0.4, 0.5) is 0 Å². The van der Waals surface area contributed by atoms with E-state index in [1.807, 2.05) is 0 Å². The van der Waals surface area contributed by atoms with Gasteiger partial charge in [-0.2, -0.15) is 0 Å². The number of nitrogens with two attached hydrogens (primary N) is 1. The molecule has 2 nitrogen and oxygen atoms in total. The molecule has 2 atom stereocenters. The van der Waals surface area contributed by atoms with Gasteiger partial charge in [0.2, 0.25) is 0 Å². The molecule has 1 saturated heterocycles. The van der Waals surface area contributed by atoms with Crippen LogP contribution in [0, 0.1) is 6.92 Å². The van der Waals surface area contributed by atoms with Crippen LogP contribution in [0.15, 0.2) is 24.3 Å². The first kappa shape index (κ1) is 11.6. The van der Waals surface area contributed by atoms with E-state index in [4.69, 9.17) is 10.5 Å². The van der Waals surface area contributed by atoms with Crippen LogP contribution in [0.25, 0.3) is 0 Å². The average Bonchev–Trinajstić information content (AvgIpc) is 2.78. The van der Waals surface area contributed by atoms with E-state index < -0.39 is 0 Å². The molecule has 0 bridgehead atoms. The van der Waals surface area contributed by atoms with Crippen molar-refractivity contribution >= 4 is 0 Å².